The van der Waals surface area contributed by atoms with Crippen LogP contribution in [0, 0.1) is 0 Å². The Morgan fingerprint density at radius 1 is 1.27 bits per heavy atom. The molecule has 7 nitrogen and oxygen atoms in total. The number of pyridine rings is 1. The Kier molecular flexibility index (Phi) is 4.49. The molecule has 0 N–H and O–H groups in total. The van der Waals surface area contributed by atoms with Gasteiger partial charge >= 0.3 is 6.18 Å². The lowest BCUT2D eigenvalue weighted by Crippen LogP contribution is -2.28. The van der Waals surface area contributed by atoms with Crippen molar-refractivity contribution in [3.05, 3.63) is 60.2 Å². The van der Waals surface area contributed by atoms with Crippen LogP contribution in [0.2, 0.25) is 0 Å². The van der Waals surface area contributed by atoms with E-state index in [4.69, 9.17) is 0 Å². The molecule has 0 bridgehead atoms. The molecule has 0 atom stereocenters. The lowest BCUT2D eigenvalue weighted by Gasteiger charge is -2.17. The van der Waals surface area contributed by atoms with E-state index in [-0.39, 0.29) is 12.5 Å². The number of amides is 1. The van der Waals surface area contributed by atoms with Gasteiger partial charge in [0, 0.05) is 26.5 Å². The molecule has 0 aliphatic carbocycles. The van der Waals surface area contributed by atoms with Gasteiger partial charge in [-0.25, -0.2) is 4.98 Å². The topological polar surface area (TPSA) is 68.8 Å². The Labute approximate surface area is 146 Å². The van der Waals surface area contributed by atoms with Crippen molar-refractivity contribution < 1.29 is 18.0 Å². The first-order chi connectivity index (χ1) is 12.3. The second-order valence-electron chi connectivity index (χ2n) is 5.59. The maximum absolute atomic E-state index is 12.6. The van der Waals surface area contributed by atoms with Gasteiger partial charge in [-0.15, -0.1) is 0 Å². The van der Waals surface area contributed by atoms with Gasteiger partial charge in [-0.3, -0.25) is 14.5 Å². The summed E-state index contributed by atoms with van der Waals surface area (Å²) in [6.45, 7) is 0.0104. The molecule has 3 rings (SSSR count). The Bertz CT molecular complexity index is 916. The van der Waals surface area contributed by atoms with Crippen molar-refractivity contribution in [1.29, 1.82) is 0 Å². The van der Waals surface area contributed by atoms with Crippen molar-refractivity contribution in [3.8, 4) is 0 Å². The molecule has 1 amide bonds. The van der Waals surface area contributed by atoms with E-state index in [0.29, 0.717) is 17.2 Å². The number of alkyl halides is 3. The second kappa shape index (κ2) is 6.62. The van der Waals surface area contributed by atoms with Crippen LogP contribution in [-0.2, 0) is 19.8 Å². The molecular weight excluding hydrogens is 349 g/mol. The van der Waals surface area contributed by atoms with Gasteiger partial charge in [0.25, 0.3) is 5.91 Å². The third kappa shape index (κ3) is 3.44. The molecule has 3 aromatic heterocycles. The van der Waals surface area contributed by atoms with Gasteiger partial charge in [-0.2, -0.15) is 18.3 Å². The molecule has 26 heavy (non-hydrogen) atoms. The first-order valence-corrected chi connectivity index (χ1v) is 7.56. The molecular formula is C16H15F3N6O. The van der Waals surface area contributed by atoms with Crippen LogP contribution in [0.15, 0.2) is 43.0 Å². The molecule has 0 radical (unpaired) electrons. The van der Waals surface area contributed by atoms with Gasteiger partial charge < -0.3 is 9.47 Å². The lowest BCUT2D eigenvalue weighted by atomic mass is 10.3. The van der Waals surface area contributed by atoms with Gasteiger partial charge in [0.2, 0.25) is 0 Å². The predicted octanol–water partition coefficient (Wildman–Crippen LogP) is 2.36. The quantitative estimate of drug-likeness (QED) is 0.713. The van der Waals surface area contributed by atoms with Crippen LogP contribution < -0.4 is 4.90 Å². The Hall–Kier alpha value is -3.17. The number of rotatable bonds is 4. The molecule has 0 aliphatic rings. The van der Waals surface area contributed by atoms with Crippen molar-refractivity contribution in [2.24, 2.45) is 7.05 Å². The summed E-state index contributed by atoms with van der Waals surface area (Å²) in [7, 11) is 3.23. The number of nitrogens with zero attached hydrogens (tertiary/aromatic N) is 6. The number of carbonyl (C=O) groups excluding carboxylic acids is 1. The van der Waals surface area contributed by atoms with Gasteiger partial charge in [-0.05, 0) is 18.2 Å². The van der Waals surface area contributed by atoms with E-state index in [9.17, 15) is 18.0 Å². The number of aromatic nitrogens is 5. The SMILES string of the molecule is CN(C(=O)c1cnc(Cn2ccc(C(F)(F)F)n2)n1C)c1cccnc1. The molecule has 10 heteroatoms. The van der Waals surface area contributed by atoms with Gasteiger partial charge in [0.15, 0.2) is 5.69 Å². The summed E-state index contributed by atoms with van der Waals surface area (Å²) in [5.41, 5.74) is -0.0592. The van der Waals surface area contributed by atoms with Crippen LogP contribution in [0.25, 0.3) is 0 Å². The van der Waals surface area contributed by atoms with Crippen LogP contribution in [0.4, 0.5) is 18.9 Å². The normalized spacial score (nSPS) is 11.6. The molecule has 0 saturated carbocycles. The zero-order chi connectivity index (χ0) is 18.9. The summed E-state index contributed by atoms with van der Waals surface area (Å²) >= 11 is 0. The summed E-state index contributed by atoms with van der Waals surface area (Å²) in [5, 5.41) is 3.49. The van der Waals surface area contributed by atoms with Crippen LogP contribution >= 0.6 is 0 Å². The highest BCUT2D eigenvalue weighted by molar-refractivity contribution is 6.04. The number of anilines is 1. The van der Waals surface area contributed by atoms with Crippen LogP contribution in [0.1, 0.15) is 22.0 Å². The Morgan fingerprint density at radius 2 is 2.04 bits per heavy atom. The first-order valence-electron chi connectivity index (χ1n) is 7.56. The van der Waals surface area contributed by atoms with Crippen LogP contribution in [0.3, 0.4) is 0 Å². The van der Waals surface area contributed by atoms with E-state index < -0.39 is 11.9 Å². The van der Waals surface area contributed by atoms with Crippen molar-refractivity contribution in [2.45, 2.75) is 12.7 Å². The third-order valence-corrected chi connectivity index (χ3v) is 3.88. The van der Waals surface area contributed by atoms with Crippen LogP contribution in [-0.4, -0.2) is 37.3 Å². The minimum atomic E-state index is -4.50. The zero-order valence-corrected chi connectivity index (χ0v) is 14.0. The molecule has 0 aromatic carbocycles. The van der Waals surface area contributed by atoms with E-state index in [0.717, 1.165) is 10.7 Å². The van der Waals surface area contributed by atoms with Crippen molar-refractivity contribution in [3.63, 3.8) is 0 Å². The second-order valence-corrected chi connectivity index (χ2v) is 5.59. The first kappa shape index (κ1) is 17.6. The number of hydrogen-bond donors (Lipinski definition) is 0. The fourth-order valence-electron chi connectivity index (χ4n) is 2.38. The summed E-state index contributed by atoms with van der Waals surface area (Å²) in [4.78, 5) is 22.2. The van der Waals surface area contributed by atoms with Gasteiger partial charge in [0.05, 0.1) is 24.6 Å². The monoisotopic (exact) mass is 364 g/mol. The minimum absolute atomic E-state index is 0.0104. The Morgan fingerprint density at radius 3 is 2.65 bits per heavy atom. The van der Waals surface area contributed by atoms with E-state index in [2.05, 4.69) is 15.1 Å². The molecule has 136 valence electrons. The third-order valence-electron chi connectivity index (χ3n) is 3.88. The fraction of sp³-hybridized carbons (Fsp3) is 0.250. The average Bonchev–Trinajstić information content (AvgIpc) is 3.22. The predicted molar refractivity (Wildman–Crippen MR) is 86.5 cm³/mol. The van der Waals surface area contributed by atoms with Gasteiger partial charge in [-0.1, -0.05) is 0 Å². The highest BCUT2D eigenvalue weighted by atomic mass is 19.4. The van der Waals surface area contributed by atoms with E-state index in [1.54, 1.807) is 38.6 Å². The smallest absolute Gasteiger partial charge is 0.326 e. The van der Waals surface area contributed by atoms with E-state index in [1.165, 1.54) is 21.9 Å². The molecule has 3 aromatic rings. The molecule has 3 heterocycles. The zero-order valence-electron chi connectivity index (χ0n) is 14.0. The molecule has 0 unspecified atom stereocenters. The number of hydrogen-bond acceptors (Lipinski definition) is 4. The molecule has 0 aliphatic heterocycles. The summed E-state index contributed by atoms with van der Waals surface area (Å²) in [6.07, 6.45) is 1.26. The van der Waals surface area contributed by atoms with E-state index in [1.807, 2.05) is 0 Å². The Balaban J connectivity index is 1.80. The highest BCUT2D eigenvalue weighted by Crippen LogP contribution is 2.27. The van der Waals surface area contributed by atoms with Crippen molar-refractivity contribution in [2.75, 3.05) is 11.9 Å². The molecule has 0 fully saturated rings. The van der Waals surface area contributed by atoms with E-state index >= 15 is 0 Å². The standard InChI is InChI=1S/C16H15F3N6O/c1-23(11-4-3-6-20-8-11)15(26)12-9-21-14(24(12)2)10-25-7-5-13(22-25)16(17,18)19/h3-9H,10H2,1-2H3. The molecule has 0 spiro atoms. The highest BCUT2D eigenvalue weighted by Gasteiger charge is 2.33. The van der Waals surface area contributed by atoms with Crippen LogP contribution in [0.5, 0.6) is 0 Å². The van der Waals surface area contributed by atoms with Crippen molar-refractivity contribution in [1.82, 2.24) is 24.3 Å². The summed E-state index contributed by atoms with van der Waals surface area (Å²) in [5.74, 6) is 0.0976. The lowest BCUT2D eigenvalue weighted by molar-refractivity contribution is -0.141. The summed E-state index contributed by atoms with van der Waals surface area (Å²) in [6, 6.07) is 4.35. The number of halogens is 3. The molecule has 0 saturated heterocycles. The maximum atomic E-state index is 12.6. The van der Waals surface area contributed by atoms with Gasteiger partial charge in [0.1, 0.15) is 11.5 Å². The number of imidazole rings is 1. The summed E-state index contributed by atoms with van der Waals surface area (Å²) < 4.78 is 40.5. The average molecular weight is 364 g/mol. The minimum Gasteiger partial charge on any atom is -0.326 e. The largest absolute Gasteiger partial charge is 0.435 e. The fourth-order valence-corrected chi connectivity index (χ4v) is 2.38. The van der Waals surface area contributed by atoms with Crippen molar-refractivity contribution >= 4 is 11.6 Å². The maximum Gasteiger partial charge on any atom is 0.435 e. The number of carbonyl (C=O) groups is 1.